The molecular formula is C21H16BrF3N4O2. The minimum absolute atomic E-state index is 0.135. The van der Waals surface area contributed by atoms with Crippen LogP contribution in [0.1, 0.15) is 16.8 Å². The Hall–Kier alpha value is -3.01. The number of carbonyl (C=O) groups excluding carboxylic acids is 1. The molecule has 0 saturated carbocycles. The van der Waals surface area contributed by atoms with Crippen molar-refractivity contribution < 1.29 is 18.0 Å². The number of benzene rings is 1. The molecule has 0 fully saturated rings. The number of pyridine rings is 1. The Morgan fingerprint density at radius 3 is 2.58 bits per heavy atom. The second-order valence-corrected chi connectivity index (χ2v) is 7.99. The number of alkyl halides is 3. The number of anilines is 1. The van der Waals surface area contributed by atoms with Crippen molar-refractivity contribution >= 4 is 27.7 Å². The van der Waals surface area contributed by atoms with Crippen LogP contribution in [0.25, 0.3) is 11.3 Å². The monoisotopic (exact) mass is 492 g/mol. The zero-order chi connectivity index (χ0) is 22.2. The molecule has 3 aromatic rings. The number of carbonyl (C=O) groups is 1. The minimum Gasteiger partial charge on any atom is -0.322 e. The summed E-state index contributed by atoms with van der Waals surface area (Å²) in [4.78, 5) is 34.6. The van der Waals surface area contributed by atoms with Gasteiger partial charge in [0.1, 0.15) is 6.04 Å². The summed E-state index contributed by atoms with van der Waals surface area (Å²) in [5, 5.41) is 0. The number of Topliss-reactive ketones (excluding diaryl/α,β-unsaturated/α-hetero) is 1. The number of hydrogen-bond donors (Lipinski definition) is 0. The third-order valence-electron chi connectivity index (χ3n) is 5.06. The molecule has 6 nitrogen and oxygen atoms in total. The number of ketones is 1. The molecule has 1 unspecified atom stereocenters. The lowest BCUT2D eigenvalue weighted by Gasteiger charge is -2.38. The van der Waals surface area contributed by atoms with Gasteiger partial charge in [-0.3, -0.25) is 19.1 Å². The zero-order valence-electron chi connectivity index (χ0n) is 16.0. The van der Waals surface area contributed by atoms with Crippen LogP contribution in [0.2, 0.25) is 0 Å². The summed E-state index contributed by atoms with van der Waals surface area (Å²) in [6.07, 6.45) is -1.94. The molecule has 0 N–H and O–H groups in total. The lowest BCUT2D eigenvalue weighted by Crippen LogP contribution is -2.54. The van der Waals surface area contributed by atoms with Crippen molar-refractivity contribution in [3.8, 4) is 11.3 Å². The first-order valence-corrected chi connectivity index (χ1v) is 10.2. The Morgan fingerprint density at radius 1 is 1.16 bits per heavy atom. The number of halogens is 4. The van der Waals surface area contributed by atoms with Crippen LogP contribution in [0.15, 0.2) is 64.1 Å². The van der Waals surface area contributed by atoms with E-state index in [1.54, 1.807) is 30.3 Å². The molecule has 10 heteroatoms. The van der Waals surface area contributed by atoms with Gasteiger partial charge in [0.25, 0.3) is 5.56 Å². The van der Waals surface area contributed by atoms with Gasteiger partial charge in [0.2, 0.25) is 5.95 Å². The van der Waals surface area contributed by atoms with Crippen LogP contribution in [-0.2, 0) is 6.54 Å². The standard InChI is InChI=1S/C21H16BrF3N4O2/c22-15-3-1-2-14(10-15)17(30)12-29-18(21(23,24)25)6-9-28-19(31)11-16(27-20(28)29)13-4-7-26-8-5-13/h1-5,7-8,10-11,18H,6,9,12H2. The highest BCUT2D eigenvalue weighted by molar-refractivity contribution is 9.10. The molecule has 4 rings (SSSR count). The predicted octanol–water partition coefficient (Wildman–Crippen LogP) is 4.09. The smallest absolute Gasteiger partial charge is 0.322 e. The first-order valence-electron chi connectivity index (χ1n) is 9.38. The molecule has 1 aliphatic heterocycles. The van der Waals surface area contributed by atoms with Crippen LogP contribution >= 0.6 is 15.9 Å². The SMILES string of the molecule is O=C(CN1c2nc(-c3ccncc3)cc(=O)n2CCC1C(F)(F)F)c1cccc(Br)c1. The fourth-order valence-electron chi connectivity index (χ4n) is 3.57. The summed E-state index contributed by atoms with van der Waals surface area (Å²) < 4.78 is 43.3. The number of fused-ring (bicyclic) bond motifs is 1. The average molecular weight is 493 g/mol. The maximum Gasteiger partial charge on any atom is 0.408 e. The quantitative estimate of drug-likeness (QED) is 0.513. The van der Waals surface area contributed by atoms with E-state index in [2.05, 4.69) is 25.9 Å². The Bertz CT molecular complexity index is 1180. The van der Waals surface area contributed by atoms with Gasteiger partial charge in [0.05, 0.1) is 12.2 Å². The molecular weight excluding hydrogens is 477 g/mol. The number of nitrogens with zero attached hydrogens (tertiary/aromatic N) is 4. The summed E-state index contributed by atoms with van der Waals surface area (Å²) in [6, 6.07) is 9.00. The summed E-state index contributed by atoms with van der Waals surface area (Å²) in [6.45, 7) is -0.698. The molecule has 3 heterocycles. The first kappa shape index (κ1) is 21.2. The van der Waals surface area contributed by atoms with Crippen molar-refractivity contribution in [1.82, 2.24) is 14.5 Å². The normalized spacial score (nSPS) is 16.1. The summed E-state index contributed by atoms with van der Waals surface area (Å²) in [5.41, 5.74) is 0.557. The van der Waals surface area contributed by atoms with Gasteiger partial charge in [-0.2, -0.15) is 13.2 Å². The van der Waals surface area contributed by atoms with E-state index in [-0.39, 0.29) is 30.2 Å². The van der Waals surface area contributed by atoms with Crippen LogP contribution < -0.4 is 10.5 Å². The Labute approximate surface area is 183 Å². The highest BCUT2D eigenvalue weighted by Gasteiger charge is 2.47. The molecule has 1 atom stereocenters. The van der Waals surface area contributed by atoms with Crippen molar-refractivity contribution in [2.45, 2.75) is 25.2 Å². The van der Waals surface area contributed by atoms with Crippen molar-refractivity contribution in [3.05, 3.63) is 75.2 Å². The molecule has 0 amide bonds. The van der Waals surface area contributed by atoms with Crippen LogP contribution in [0, 0.1) is 0 Å². The predicted molar refractivity (Wildman–Crippen MR) is 112 cm³/mol. The Morgan fingerprint density at radius 2 is 1.90 bits per heavy atom. The molecule has 31 heavy (non-hydrogen) atoms. The fourth-order valence-corrected chi connectivity index (χ4v) is 3.97. The third-order valence-corrected chi connectivity index (χ3v) is 5.56. The van der Waals surface area contributed by atoms with Crippen molar-refractivity contribution in [2.75, 3.05) is 11.4 Å². The van der Waals surface area contributed by atoms with E-state index in [0.717, 1.165) is 4.90 Å². The van der Waals surface area contributed by atoms with Crippen LogP contribution in [0.5, 0.6) is 0 Å². The van der Waals surface area contributed by atoms with E-state index in [4.69, 9.17) is 0 Å². The fraction of sp³-hybridized carbons (Fsp3) is 0.238. The molecule has 0 bridgehead atoms. The molecule has 0 spiro atoms. The Kier molecular flexibility index (Phi) is 5.65. The molecule has 0 saturated heterocycles. The molecule has 1 aromatic carbocycles. The highest BCUT2D eigenvalue weighted by Crippen LogP contribution is 2.34. The first-order chi connectivity index (χ1) is 14.7. The van der Waals surface area contributed by atoms with Crippen LogP contribution in [-0.4, -0.2) is 39.1 Å². The van der Waals surface area contributed by atoms with Gasteiger partial charge in [-0.15, -0.1) is 0 Å². The minimum atomic E-state index is -4.59. The molecule has 1 aliphatic rings. The van der Waals surface area contributed by atoms with Gasteiger partial charge in [-0.1, -0.05) is 28.1 Å². The van der Waals surface area contributed by atoms with E-state index in [1.165, 1.54) is 29.1 Å². The van der Waals surface area contributed by atoms with E-state index in [1.807, 2.05) is 0 Å². The second-order valence-electron chi connectivity index (χ2n) is 7.07. The maximum atomic E-state index is 13.8. The third kappa shape index (κ3) is 4.39. The van der Waals surface area contributed by atoms with Crippen molar-refractivity contribution in [2.24, 2.45) is 0 Å². The van der Waals surface area contributed by atoms with Crippen LogP contribution in [0.4, 0.5) is 19.1 Å². The molecule has 2 aromatic heterocycles. The number of aromatic nitrogens is 3. The summed E-state index contributed by atoms with van der Waals surface area (Å²) in [5.74, 6) is -0.677. The van der Waals surface area contributed by atoms with Gasteiger partial charge < -0.3 is 4.90 Å². The topological polar surface area (TPSA) is 68.1 Å². The number of hydrogen-bond acceptors (Lipinski definition) is 5. The van der Waals surface area contributed by atoms with Gasteiger partial charge in [-0.05, 0) is 30.7 Å². The average Bonchev–Trinajstić information content (AvgIpc) is 2.73. The molecule has 0 radical (unpaired) electrons. The lowest BCUT2D eigenvalue weighted by atomic mass is 10.1. The Balaban J connectivity index is 1.80. The van der Waals surface area contributed by atoms with E-state index in [0.29, 0.717) is 10.0 Å². The lowest BCUT2D eigenvalue weighted by molar-refractivity contribution is -0.152. The largest absolute Gasteiger partial charge is 0.408 e. The van der Waals surface area contributed by atoms with Gasteiger partial charge in [-0.25, -0.2) is 4.98 Å². The van der Waals surface area contributed by atoms with Crippen LogP contribution in [0.3, 0.4) is 0 Å². The van der Waals surface area contributed by atoms with E-state index < -0.39 is 30.1 Å². The second kappa shape index (κ2) is 8.26. The van der Waals surface area contributed by atoms with Gasteiger partial charge >= 0.3 is 6.18 Å². The summed E-state index contributed by atoms with van der Waals surface area (Å²) in [7, 11) is 0. The van der Waals surface area contributed by atoms with Gasteiger partial charge in [0.15, 0.2) is 5.78 Å². The molecule has 160 valence electrons. The maximum absolute atomic E-state index is 13.8. The van der Waals surface area contributed by atoms with Crippen molar-refractivity contribution in [1.29, 1.82) is 0 Å². The van der Waals surface area contributed by atoms with Gasteiger partial charge in [0, 0.05) is 40.6 Å². The van der Waals surface area contributed by atoms with E-state index >= 15 is 0 Å². The molecule has 0 aliphatic carbocycles. The highest BCUT2D eigenvalue weighted by atomic mass is 79.9. The summed E-state index contributed by atoms with van der Waals surface area (Å²) >= 11 is 3.26. The van der Waals surface area contributed by atoms with E-state index in [9.17, 15) is 22.8 Å². The zero-order valence-corrected chi connectivity index (χ0v) is 17.6. The van der Waals surface area contributed by atoms with Crippen molar-refractivity contribution in [3.63, 3.8) is 0 Å². The number of rotatable bonds is 4.